The molecule has 3 aliphatic rings. The Balaban J connectivity index is 1.09. The number of nitrogens with two attached hydrogens (primary N) is 1. The molecule has 2 saturated heterocycles. The minimum atomic E-state index is -0.667. The van der Waals surface area contributed by atoms with Crippen LogP contribution in [0.4, 0.5) is 23.0 Å². The number of carbonyl (C=O) groups excluding carboxylic acids is 3. The van der Waals surface area contributed by atoms with Gasteiger partial charge in [-0.3, -0.25) is 14.4 Å². The first-order chi connectivity index (χ1) is 21.7. The van der Waals surface area contributed by atoms with Crippen molar-refractivity contribution in [1.82, 2.24) is 20.2 Å². The number of nitrogens with one attached hydrogen (secondary N) is 2. The van der Waals surface area contributed by atoms with E-state index >= 15 is 0 Å². The van der Waals surface area contributed by atoms with Gasteiger partial charge in [0.1, 0.15) is 5.82 Å². The van der Waals surface area contributed by atoms with E-state index in [2.05, 4.69) is 37.6 Å². The highest BCUT2D eigenvalue weighted by Crippen LogP contribution is 2.40. The Kier molecular flexibility index (Phi) is 8.86. The van der Waals surface area contributed by atoms with Gasteiger partial charge in [0.15, 0.2) is 11.5 Å². The largest absolute Gasteiger partial charge is 0.371 e. The molecule has 1 aliphatic carbocycles. The van der Waals surface area contributed by atoms with E-state index in [1.54, 1.807) is 11.1 Å². The summed E-state index contributed by atoms with van der Waals surface area (Å²) < 4.78 is 0. The smallest absolute Gasteiger partial charge is 0.271 e. The molecule has 2 aromatic carbocycles. The van der Waals surface area contributed by atoms with Crippen LogP contribution in [-0.2, 0) is 4.79 Å². The van der Waals surface area contributed by atoms with Crippen molar-refractivity contribution >= 4 is 40.7 Å². The summed E-state index contributed by atoms with van der Waals surface area (Å²) in [5, 5.41) is 6.43. The normalized spacial score (nSPS) is 18.8. The number of hydrogen-bond donors (Lipinski definition) is 3. The lowest BCUT2D eigenvalue weighted by Gasteiger charge is -2.34. The van der Waals surface area contributed by atoms with E-state index in [1.807, 2.05) is 50.5 Å². The van der Waals surface area contributed by atoms with Crippen molar-refractivity contribution in [3.8, 4) is 0 Å². The lowest BCUT2D eigenvalue weighted by molar-refractivity contribution is -0.133. The zero-order chi connectivity index (χ0) is 31.5. The first kappa shape index (κ1) is 30.4. The molecule has 0 bridgehead atoms. The molecule has 2 aliphatic heterocycles. The highest BCUT2D eigenvalue weighted by molar-refractivity contribution is 5.96. The molecule has 0 spiro atoms. The summed E-state index contributed by atoms with van der Waals surface area (Å²) in [6.45, 7) is 2.99. The number of benzene rings is 2. The van der Waals surface area contributed by atoms with Crippen LogP contribution >= 0.6 is 0 Å². The van der Waals surface area contributed by atoms with Crippen molar-refractivity contribution in [1.29, 1.82) is 0 Å². The van der Waals surface area contributed by atoms with Crippen molar-refractivity contribution in [3.63, 3.8) is 0 Å². The van der Waals surface area contributed by atoms with Crippen LogP contribution in [0.15, 0.2) is 54.7 Å². The average molecular weight is 611 g/mol. The third-order valence-corrected chi connectivity index (χ3v) is 9.08. The van der Waals surface area contributed by atoms with Gasteiger partial charge in [-0.1, -0.05) is 12.1 Å². The molecule has 3 heterocycles. The third-order valence-electron chi connectivity index (χ3n) is 9.08. The quantitative estimate of drug-likeness (QED) is 0.332. The number of aromatic nitrogens is 2. The highest BCUT2D eigenvalue weighted by Gasteiger charge is 2.27. The Labute approximate surface area is 264 Å². The van der Waals surface area contributed by atoms with Crippen molar-refractivity contribution in [2.75, 3.05) is 55.4 Å². The van der Waals surface area contributed by atoms with E-state index in [9.17, 15) is 14.4 Å². The van der Waals surface area contributed by atoms with Crippen molar-refractivity contribution in [2.45, 2.75) is 50.5 Å². The Morgan fingerprint density at radius 2 is 1.60 bits per heavy atom. The van der Waals surface area contributed by atoms with Crippen LogP contribution in [0.25, 0.3) is 0 Å². The highest BCUT2D eigenvalue weighted by atomic mass is 16.2. The molecule has 1 saturated carbocycles. The fraction of sp³-hybridized carbons (Fsp3) is 0.441. The molecule has 6 rings (SSSR count). The fourth-order valence-corrected chi connectivity index (χ4v) is 6.34. The number of nitrogens with zero attached hydrogens (tertiary/aromatic N) is 5. The molecule has 4 N–H and O–H groups in total. The van der Waals surface area contributed by atoms with Gasteiger partial charge < -0.3 is 31.1 Å². The number of carbonyl (C=O) groups is 3. The molecule has 1 atom stereocenters. The second-order valence-electron chi connectivity index (χ2n) is 12.6. The van der Waals surface area contributed by atoms with E-state index in [1.165, 1.54) is 18.4 Å². The van der Waals surface area contributed by atoms with Crippen LogP contribution in [-0.4, -0.2) is 78.9 Å². The van der Waals surface area contributed by atoms with E-state index in [0.29, 0.717) is 23.8 Å². The standard InChI is InChI=1S/C34H42N8O3/c1-40(2)34(45)25-15-18-41(19-16-25)28-13-11-26(12-14-28)37-32-30(31(35)43)36-20-29(39-32)42-17-3-4-27(21-42)38-33(44)24-9-7-23(8-10-24)22-5-6-22/h7-14,20,22,25,27H,3-6,15-19,21H2,1-2H3,(H2,35,43)(H,37,39)(H,38,44)/t27-/m1/s1. The van der Waals surface area contributed by atoms with Gasteiger partial charge in [0.25, 0.3) is 11.8 Å². The van der Waals surface area contributed by atoms with Crippen LogP contribution in [0.5, 0.6) is 0 Å². The minimum absolute atomic E-state index is 0.0398. The zero-order valence-corrected chi connectivity index (χ0v) is 26.0. The molecule has 45 heavy (non-hydrogen) atoms. The summed E-state index contributed by atoms with van der Waals surface area (Å²) >= 11 is 0. The maximum Gasteiger partial charge on any atom is 0.271 e. The summed E-state index contributed by atoms with van der Waals surface area (Å²) in [7, 11) is 3.62. The molecule has 11 nitrogen and oxygen atoms in total. The minimum Gasteiger partial charge on any atom is -0.371 e. The second kappa shape index (κ2) is 13.1. The Morgan fingerprint density at radius 3 is 2.24 bits per heavy atom. The molecular weight excluding hydrogens is 568 g/mol. The number of amides is 3. The second-order valence-corrected chi connectivity index (χ2v) is 12.6. The lowest BCUT2D eigenvalue weighted by Crippen LogP contribution is -2.48. The topological polar surface area (TPSA) is 137 Å². The maximum absolute atomic E-state index is 13.0. The summed E-state index contributed by atoms with van der Waals surface area (Å²) in [6, 6.07) is 15.8. The number of primary amides is 1. The fourth-order valence-electron chi connectivity index (χ4n) is 6.34. The van der Waals surface area contributed by atoms with Gasteiger partial charge in [-0.25, -0.2) is 9.97 Å². The predicted octanol–water partition coefficient (Wildman–Crippen LogP) is 3.90. The zero-order valence-electron chi connectivity index (χ0n) is 26.0. The van der Waals surface area contributed by atoms with Gasteiger partial charge in [0.2, 0.25) is 5.91 Å². The first-order valence-corrected chi connectivity index (χ1v) is 15.9. The molecule has 0 unspecified atom stereocenters. The first-order valence-electron chi connectivity index (χ1n) is 15.9. The van der Waals surface area contributed by atoms with Crippen LogP contribution in [0.3, 0.4) is 0 Å². The monoisotopic (exact) mass is 610 g/mol. The van der Waals surface area contributed by atoms with E-state index in [4.69, 9.17) is 10.7 Å². The summed E-state index contributed by atoms with van der Waals surface area (Å²) in [5.74, 6) is 1.09. The molecule has 1 aromatic heterocycles. The predicted molar refractivity (Wildman–Crippen MR) is 175 cm³/mol. The van der Waals surface area contributed by atoms with Gasteiger partial charge in [-0.2, -0.15) is 0 Å². The van der Waals surface area contributed by atoms with Gasteiger partial charge in [-0.15, -0.1) is 0 Å². The summed E-state index contributed by atoms with van der Waals surface area (Å²) in [4.78, 5) is 52.7. The van der Waals surface area contributed by atoms with Crippen molar-refractivity contribution in [2.24, 2.45) is 11.7 Å². The lowest BCUT2D eigenvalue weighted by atomic mass is 9.95. The van der Waals surface area contributed by atoms with Crippen LogP contribution in [0, 0.1) is 5.92 Å². The Bertz CT molecular complexity index is 1530. The Hall–Kier alpha value is -4.67. The van der Waals surface area contributed by atoms with Gasteiger partial charge in [0.05, 0.1) is 6.20 Å². The third kappa shape index (κ3) is 7.19. The number of hydrogen-bond acceptors (Lipinski definition) is 8. The van der Waals surface area contributed by atoms with Crippen LogP contribution < -0.4 is 26.2 Å². The molecule has 11 heteroatoms. The molecule has 3 fully saturated rings. The van der Waals surface area contributed by atoms with E-state index in [0.717, 1.165) is 56.7 Å². The van der Waals surface area contributed by atoms with E-state index < -0.39 is 5.91 Å². The van der Waals surface area contributed by atoms with Gasteiger partial charge in [0, 0.05) is 69.2 Å². The van der Waals surface area contributed by atoms with Gasteiger partial charge >= 0.3 is 0 Å². The van der Waals surface area contributed by atoms with Crippen LogP contribution in [0.1, 0.15) is 70.9 Å². The maximum atomic E-state index is 13.0. The summed E-state index contributed by atoms with van der Waals surface area (Å²) in [6.07, 6.45) is 7.45. The number of piperidine rings is 2. The Morgan fingerprint density at radius 1 is 0.889 bits per heavy atom. The number of rotatable bonds is 9. The van der Waals surface area contributed by atoms with E-state index in [-0.39, 0.29) is 35.3 Å². The SMILES string of the molecule is CN(C)C(=O)C1CCN(c2ccc(Nc3nc(N4CCC[C@@H](NC(=O)c5ccc(C6CC6)cc5)C4)cnc3C(N)=O)cc2)CC1. The van der Waals surface area contributed by atoms with Crippen molar-refractivity contribution in [3.05, 3.63) is 71.5 Å². The van der Waals surface area contributed by atoms with Gasteiger partial charge in [-0.05, 0) is 86.4 Å². The average Bonchev–Trinajstić information content (AvgIpc) is 3.91. The van der Waals surface area contributed by atoms with Crippen molar-refractivity contribution < 1.29 is 14.4 Å². The molecule has 0 radical (unpaired) electrons. The number of anilines is 4. The summed E-state index contributed by atoms with van der Waals surface area (Å²) in [5.41, 5.74) is 9.52. The molecule has 236 valence electrons. The van der Waals surface area contributed by atoms with Crippen LogP contribution in [0.2, 0.25) is 0 Å². The molecule has 3 amide bonds. The molecule has 3 aromatic rings. The molecular formula is C34H42N8O3.